The number of pyridine rings is 1. The van der Waals surface area contributed by atoms with Gasteiger partial charge in [-0.3, -0.25) is 10.1 Å². The summed E-state index contributed by atoms with van der Waals surface area (Å²) in [4.78, 5) is 28.2. The largest absolute Gasteiger partial charge is 0.497 e. The lowest BCUT2D eigenvalue weighted by Gasteiger charge is -2.40. The van der Waals surface area contributed by atoms with Crippen LogP contribution in [-0.2, 0) is 0 Å². The molecule has 11 nitrogen and oxygen atoms in total. The maximum atomic E-state index is 11.8. The lowest BCUT2D eigenvalue weighted by atomic mass is 9.93. The van der Waals surface area contributed by atoms with Crippen molar-refractivity contribution in [3.05, 3.63) is 124 Å². The molecule has 11 heteroatoms. The van der Waals surface area contributed by atoms with E-state index in [1.807, 2.05) is 79.7 Å². The Hall–Kier alpha value is -5.84. The number of aryl methyl sites for hydroxylation is 1. The molecular weight excluding hydrogens is 532 g/mol. The SMILES string of the molecule is COc1cccc(NC2=Nc3ccccc3N3C2=Nc2c(c(C)nn2-c2ccccn2)C3c2cccc([N+](=O)[O-])c2)c1. The van der Waals surface area contributed by atoms with Crippen molar-refractivity contribution < 1.29 is 9.66 Å². The van der Waals surface area contributed by atoms with Crippen molar-refractivity contribution in [2.24, 2.45) is 9.98 Å². The standard InChI is InChI=1S/C31H24N8O3/c1-19-27-28(20-9-7-11-22(17-20)39(40)41)37-25-14-4-3-13-24(25)34-29(33-21-10-8-12-23(18-21)42-2)31(37)35-30(27)38(36-19)26-15-5-6-16-32-26/h3-18,28H,1-2H3,(H,33,34). The van der Waals surface area contributed by atoms with E-state index >= 15 is 0 Å². The summed E-state index contributed by atoms with van der Waals surface area (Å²) in [5, 5.41) is 20.1. The molecular formula is C31H24N8O3. The number of aromatic nitrogens is 3. The van der Waals surface area contributed by atoms with Crippen LogP contribution >= 0.6 is 0 Å². The lowest BCUT2D eigenvalue weighted by molar-refractivity contribution is -0.384. The first-order chi connectivity index (χ1) is 20.5. The fourth-order valence-corrected chi connectivity index (χ4v) is 5.40. The quantitative estimate of drug-likeness (QED) is 0.199. The van der Waals surface area contributed by atoms with Gasteiger partial charge >= 0.3 is 0 Å². The molecule has 206 valence electrons. The van der Waals surface area contributed by atoms with Crippen molar-refractivity contribution in [1.82, 2.24) is 14.8 Å². The van der Waals surface area contributed by atoms with Gasteiger partial charge < -0.3 is 15.0 Å². The number of nitro benzene ring substituents is 1. The van der Waals surface area contributed by atoms with Crippen molar-refractivity contribution in [3.8, 4) is 11.6 Å². The maximum Gasteiger partial charge on any atom is 0.269 e. The molecule has 2 aliphatic heterocycles. The zero-order valence-corrected chi connectivity index (χ0v) is 22.7. The summed E-state index contributed by atoms with van der Waals surface area (Å²) in [6, 6.07) is 27.1. The molecule has 0 radical (unpaired) electrons. The molecule has 1 unspecified atom stereocenters. The lowest BCUT2D eigenvalue weighted by Crippen LogP contribution is -2.46. The van der Waals surface area contributed by atoms with Crippen LogP contribution in [0.15, 0.2) is 107 Å². The normalized spacial score (nSPS) is 15.1. The first-order valence-corrected chi connectivity index (χ1v) is 13.2. The fourth-order valence-electron chi connectivity index (χ4n) is 5.40. The zero-order valence-electron chi connectivity index (χ0n) is 22.7. The number of amidine groups is 2. The Balaban J connectivity index is 1.49. The third-order valence-corrected chi connectivity index (χ3v) is 7.23. The molecule has 4 heterocycles. The third kappa shape index (κ3) is 4.15. The monoisotopic (exact) mass is 556 g/mol. The molecule has 0 saturated carbocycles. The average Bonchev–Trinajstić information content (AvgIpc) is 3.36. The summed E-state index contributed by atoms with van der Waals surface area (Å²) < 4.78 is 7.14. The summed E-state index contributed by atoms with van der Waals surface area (Å²) in [7, 11) is 1.62. The van der Waals surface area contributed by atoms with Crippen LogP contribution in [0.4, 0.5) is 28.6 Å². The van der Waals surface area contributed by atoms with Gasteiger partial charge in [0.25, 0.3) is 5.69 Å². The van der Waals surface area contributed by atoms with Crippen molar-refractivity contribution >= 4 is 40.2 Å². The minimum absolute atomic E-state index is 0.00146. The number of fused-ring (bicyclic) bond motifs is 4. The number of nitrogens with one attached hydrogen (secondary N) is 1. The molecule has 42 heavy (non-hydrogen) atoms. The number of benzene rings is 3. The van der Waals surface area contributed by atoms with Gasteiger partial charge in [-0.05, 0) is 48.9 Å². The first-order valence-electron chi connectivity index (χ1n) is 13.2. The van der Waals surface area contributed by atoms with Crippen molar-refractivity contribution in [3.63, 3.8) is 0 Å². The third-order valence-electron chi connectivity index (χ3n) is 7.23. The Morgan fingerprint density at radius 3 is 2.60 bits per heavy atom. The maximum absolute atomic E-state index is 11.8. The van der Waals surface area contributed by atoms with Crippen LogP contribution in [0.5, 0.6) is 5.75 Å². The van der Waals surface area contributed by atoms with Gasteiger partial charge in [0.05, 0.1) is 35.1 Å². The number of non-ortho nitro benzene ring substituents is 1. The number of hydrogen-bond acceptors (Lipinski definition) is 9. The number of ether oxygens (including phenoxy) is 1. The Labute approximate surface area is 240 Å². The van der Waals surface area contributed by atoms with Gasteiger partial charge in [0.1, 0.15) is 5.75 Å². The summed E-state index contributed by atoms with van der Waals surface area (Å²) >= 11 is 0. The van der Waals surface area contributed by atoms with Gasteiger partial charge in [-0.25, -0.2) is 15.0 Å². The Kier molecular flexibility index (Phi) is 5.97. The molecule has 1 atom stereocenters. The van der Waals surface area contributed by atoms with E-state index in [2.05, 4.69) is 15.2 Å². The molecule has 0 spiro atoms. The second-order valence-corrected chi connectivity index (χ2v) is 9.79. The minimum atomic E-state index is -0.497. The predicted molar refractivity (Wildman–Crippen MR) is 161 cm³/mol. The highest BCUT2D eigenvalue weighted by Crippen LogP contribution is 2.48. The Morgan fingerprint density at radius 1 is 0.952 bits per heavy atom. The van der Waals surface area contributed by atoms with Crippen LogP contribution in [0.1, 0.15) is 22.9 Å². The number of nitrogens with zero attached hydrogens (tertiary/aromatic N) is 7. The number of aliphatic imine (C=N–C) groups is 2. The van der Waals surface area contributed by atoms with Crippen molar-refractivity contribution in [2.75, 3.05) is 17.3 Å². The molecule has 7 rings (SSSR count). The summed E-state index contributed by atoms with van der Waals surface area (Å²) in [5.41, 5.74) is 4.59. The van der Waals surface area contributed by atoms with Gasteiger partial charge in [-0.2, -0.15) is 9.78 Å². The Bertz CT molecular complexity index is 1910. The van der Waals surface area contributed by atoms with Gasteiger partial charge in [0.15, 0.2) is 23.3 Å². The second-order valence-electron chi connectivity index (χ2n) is 9.79. The van der Waals surface area contributed by atoms with E-state index in [-0.39, 0.29) is 10.6 Å². The highest BCUT2D eigenvalue weighted by Gasteiger charge is 2.42. The number of anilines is 2. The van der Waals surface area contributed by atoms with Crippen LogP contribution < -0.4 is 15.0 Å². The topological polar surface area (TPSA) is 123 Å². The number of hydrogen-bond donors (Lipinski definition) is 1. The van der Waals surface area contributed by atoms with Crippen LogP contribution in [0.3, 0.4) is 0 Å². The molecule has 0 saturated heterocycles. The summed E-state index contributed by atoms with van der Waals surface area (Å²) in [6.07, 6.45) is 1.70. The van der Waals surface area contributed by atoms with Crippen LogP contribution in [-0.4, -0.2) is 38.5 Å². The first kappa shape index (κ1) is 25.1. The molecule has 3 aromatic carbocycles. The highest BCUT2D eigenvalue weighted by atomic mass is 16.6. The van der Waals surface area contributed by atoms with E-state index in [0.29, 0.717) is 29.1 Å². The van der Waals surface area contributed by atoms with Gasteiger partial charge in [0, 0.05) is 35.6 Å². The number of nitro groups is 1. The van der Waals surface area contributed by atoms with E-state index in [1.165, 1.54) is 6.07 Å². The second kappa shape index (κ2) is 9.97. The predicted octanol–water partition coefficient (Wildman–Crippen LogP) is 6.29. The molecule has 5 aromatic rings. The Morgan fingerprint density at radius 2 is 1.79 bits per heavy atom. The van der Waals surface area contributed by atoms with Gasteiger partial charge in [-0.1, -0.05) is 36.4 Å². The van der Waals surface area contributed by atoms with Gasteiger partial charge in [0.2, 0.25) is 0 Å². The van der Waals surface area contributed by atoms with E-state index < -0.39 is 6.04 Å². The molecule has 2 aliphatic rings. The highest BCUT2D eigenvalue weighted by molar-refractivity contribution is 6.51. The zero-order chi connectivity index (χ0) is 28.8. The molecule has 0 bridgehead atoms. The average molecular weight is 557 g/mol. The summed E-state index contributed by atoms with van der Waals surface area (Å²) in [5.74, 6) is 2.92. The van der Waals surface area contributed by atoms with E-state index in [0.717, 1.165) is 33.9 Å². The molecule has 0 amide bonds. The molecule has 0 fully saturated rings. The molecule has 1 N–H and O–H groups in total. The molecule has 2 aromatic heterocycles. The van der Waals surface area contributed by atoms with Crippen LogP contribution in [0.2, 0.25) is 0 Å². The minimum Gasteiger partial charge on any atom is -0.497 e. The number of para-hydroxylation sites is 2. The van der Waals surface area contributed by atoms with E-state index in [4.69, 9.17) is 19.8 Å². The van der Waals surface area contributed by atoms with Crippen molar-refractivity contribution in [2.45, 2.75) is 13.0 Å². The smallest absolute Gasteiger partial charge is 0.269 e. The molecule has 0 aliphatic carbocycles. The summed E-state index contributed by atoms with van der Waals surface area (Å²) in [6.45, 7) is 1.92. The van der Waals surface area contributed by atoms with Crippen LogP contribution in [0.25, 0.3) is 5.82 Å². The number of methoxy groups -OCH3 is 1. The van der Waals surface area contributed by atoms with Crippen LogP contribution in [0, 0.1) is 17.0 Å². The van der Waals surface area contributed by atoms with Gasteiger partial charge in [-0.15, -0.1) is 0 Å². The number of rotatable bonds is 5. The van der Waals surface area contributed by atoms with E-state index in [1.54, 1.807) is 30.1 Å². The van der Waals surface area contributed by atoms with E-state index in [9.17, 15) is 10.1 Å². The van der Waals surface area contributed by atoms with Crippen molar-refractivity contribution in [1.29, 1.82) is 0 Å². The fraction of sp³-hybridized carbons (Fsp3) is 0.0968.